The van der Waals surface area contributed by atoms with Crippen LogP contribution in [0.4, 0.5) is 5.82 Å². The lowest BCUT2D eigenvalue weighted by Gasteiger charge is -2.22. The van der Waals surface area contributed by atoms with Crippen LogP contribution >= 0.6 is 0 Å². The van der Waals surface area contributed by atoms with Crippen LogP contribution in [0.5, 0.6) is 0 Å². The van der Waals surface area contributed by atoms with Gasteiger partial charge in [0.2, 0.25) is 0 Å². The summed E-state index contributed by atoms with van der Waals surface area (Å²) in [5.74, 6) is -0.629. The van der Waals surface area contributed by atoms with Gasteiger partial charge in [-0.25, -0.2) is 15.0 Å². The van der Waals surface area contributed by atoms with E-state index in [0.29, 0.717) is 30.7 Å². The molecule has 2 aromatic heterocycles. The average Bonchev–Trinajstić information content (AvgIpc) is 3.12. The van der Waals surface area contributed by atoms with Crippen LogP contribution in [-0.4, -0.2) is 84.2 Å². The van der Waals surface area contributed by atoms with Gasteiger partial charge in [-0.3, -0.25) is 9.36 Å². The van der Waals surface area contributed by atoms with Gasteiger partial charge < -0.3 is 30.7 Å². The number of rotatable bonds is 7. The van der Waals surface area contributed by atoms with Crippen LogP contribution in [0.15, 0.2) is 12.7 Å². The summed E-state index contributed by atoms with van der Waals surface area (Å²) < 4.78 is 7.36. The first-order valence-corrected chi connectivity index (χ1v) is 8.23. The first-order chi connectivity index (χ1) is 12.4. The summed E-state index contributed by atoms with van der Waals surface area (Å²) in [5, 5.41) is 29.4. The molecule has 26 heavy (non-hydrogen) atoms. The molecule has 3 heterocycles. The van der Waals surface area contributed by atoms with Crippen LogP contribution in [-0.2, 0) is 9.53 Å². The Balaban J connectivity index is 1.69. The van der Waals surface area contributed by atoms with Gasteiger partial charge in [0.05, 0.1) is 6.33 Å². The second-order valence-electron chi connectivity index (χ2n) is 6.39. The van der Waals surface area contributed by atoms with Gasteiger partial charge in [-0.1, -0.05) is 0 Å². The van der Waals surface area contributed by atoms with E-state index in [9.17, 15) is 15.0 Å². The molecule has 2 aromatic rings. The van der Waals surface area contributed by atoms with Crippen LogP contribution < -0.4 is 5.73 Å². The number of carbonyl (C=O) groups is 1. The van der Waals surface area contributed by atoms with Gasteiger partial charge in [-0.15, -0.1) is 0 Å². The zero-order valence-corrected chi connectivity index (χ0v) is 14.3. The van der Waals surface area contributed by atoms with Crippen LogP contribution in [0.2, 0.25) is 0 Å². The number of aromatic nitrogens is 4. The topological polar surface area (TPSA) is 160 Å². The third-order valence-electron chi connectivity index (χ3n) is 4.42. The molecule has 0 amide bonds. The standard InChI is InChI=1S/C15H22N6O5/c1-20(4-2-3-9(22)23)5-8-11(24)12(25)15(26-8)21-7-19-10-13(16)17-6-18-14(10)21/h6-8,11-12,15,24-25H,2-5H2,1H3,(H,22,23)(H2,16,17,18)/t8?,11-,12-,15?/m1/s1. The number of nitrogen functional groups attached to an aromatic ring is 1. The highest BCUT2D eigenvalue weighted by Gasteiger charge is 2.44. The highest BCUT2D eigenvalue weighted by atomic mass is 16.6. The predicted molar refractivity (Wildman–Crippen MR) is 90.0 cm³/mol. The van der Waals surface area contributed by atoms with Crippen molar-refractivity contribution in [2.24, 2.45) is 0 Å². The van der Waals surface area contributed by atoms with Crippen LogP contribution in [0.1, 0.15) is 19.1 Å². The van der Waals surface area contributed by atoms with Crippen molar-refractivity contribution >= 4 is 23.0 Å². The highest BCUT2D eigenvalue weighted by Crippen LogP contribution is 2.32. The van der Waals surface area contributed by atoms with E-state index in [0.717, 1.165) is 0 Å². The number of fused-ring (bicyclic) bond motifs is 1. The lowest BCUT2D eigenvalue weighted by atomic mass is 10.1. The van der Waals surface area contributed by atoms with Crippen molar-refractivity contribution in [2.75, 3.05) is 25.9 Å². The van der Waals surface area contributed by atoms with E-state index in [4.69, 9.17) is 15.6 Å². The van der Waals surface area contributed by atoms with E-state index in [-0.39, 0.29) is 12.2 Å². The minimum atomic E-state index is -1.17. The Hall–Kier alpha value is -2.34. The van der Waals surface area contributed by atoms with Crippen molar-refractivity contribution in [3.05, 3.63) is 12.7 Å². The number of nitrogens with zero attached hydrogens (tertiary/aromatic N) is 5. The van der Waals surface area contributed by atoms with E-state index in [1.165, 1.54) is 17.2 Å². The van der Waals surface area contributed by atoms with E-state index in [1.807, 2.05) is 4.90 Å². The Morgan fingerprint density at radius 3 is 2.85 bits per heavy atom. The maximum absolute atomic E-state index is 10.6. The van der Waals surface area contributed by atoms with Gasteiger partial charge in [-0.05, 0) is 20.0 Å². The van der Waals surface area contributed by atoms with Crippen molar-refractivity contribution < 1.29 is 24.9 Å². The third-order valence-corrected chi connectivity index (χ3v) is 4.42. The lowest BCUT2D eigenvalue weighted by molar-refractivity contribution is -0.137. The first-order valence-electron chi connectivity index (χ1n) is 8.23. The minimum absolute atomic E-state index is 0.0752. The molecule has 3 rings (SSSR count). The minimum Gasteiger partial charge on any atom is -0.481 e. The second kappa shape index (κ2) is 7.50. The van der Waals surface area contributed by atoms with Crippen LogP contribution in [0.25, 0.3) is 11.2 Å². The molecular weight excluding hydrogens is 344 g/mol. The smallest absolute Gasteiger partial charge is 0.303 e. The number of anilines is 1. The number of aliphatic hydroxyl groups is 2. The zero-order chi connectivity index (χ0) is 18.8. The van der Waals surface area contributed by atoms with Crippen molar-refractivity contribution in [3.63, 3.8) is 0 Å². The van der Waals surface area contributed by atoms with Gasteiger partial charge in [0.1, 0.15) is 30.2 Å². The Morgan fingerprint density at radius 1 is 1.35 bits per heavy atom. The first kappa shape index (κ1) is 18.5. The van der Waals surface area contributed by atoms with Crippen LogP contribution in [0.3, 0.4) is 0 Å². The van der Waals surface area contributed by atoms with Crippen molar-refractivity contribution in [1.29, 1.82) is 0 Å². The summed E-state index contributed by atoms with van der Waals surface area (Å²) in [6.07, 6.45) is -0.464. The molecule has 0 spiro atoms. The number of likely N-dealkylation sites (N-methyl/N-ethyl adjacent to an activating group) is 1. The fraction of sp³-hybridized carbons (Fsp3) is 0.600. The number of hydrogen-bond acceptors (Lipinski definition) is 9. The summed E-state index contributed by atoms with van der Waals surface area (Å²) >= 11 is 0. The van der Waals surface area contributed by atoms with E-state index < -0.39 is 30.5 Å². The fourth-order valence-corrected chi connectivity index (χ4v) is 3.06. The Bertz CT molecular complexity index is 783. The molecule has 142 valence electrons. The number of hydrogen-bond donors (Lipinski definition) is 4. The number of imidazole rings is 1. The number of carboxylic acid groups (broad SMARTS) is 1. The summed E-state index contributed by atoms with van der Waals surface area (Å²) in [4.78, 5) is 24.6. The lowest BCUT2D eigenvalue weighted by Crippen LogP contribution is -2.38. The molecule has 4 atom stereocenters. The molecule has 0 radical (unpaired) electrons. The van der Waals surface area contributed by atoms with Crippen molar-refractivity contribution in [1.82, 2.24) is 24.4 Å². The molecule has 0 aromatic carbocycles. The van der Waals surface area contributed by atoms with E-state index in [1.54, 1.807) is 7.05 Å². The maximum Gasteiger partial charge on any atom is 0.303 e. The molecular formula is C15H22N6O5. The zero-order valence-electron chi connectivity index (χ0n) is 14.3. The van der Waals surface area contributed by atoms with Crippen molar-refractivity contribution in [2.45, 2.75) is 37.4 Å². The van der Waals surface area contributed by atoms with E-state index in [2.05, 4.69) is 15.0 Å². The highest BCUT2D eigenvalue weighted by molar-refractivity contribution is 5.81. The van der Waals surface area contributed by atoms with Gasteiger partial charge in [0.25, 0.3) is 0 Å². The molecule has 1 saturated heterocycles. The quantitative estimate of drug-likeness (QED) is 0.470. The molecule has 11 nitrogen and oxygen atoms in total. The van der Waals surface area contributed by atoms with Crippen LogP contribution in [0, 0.1) is 0 Å². The molecule has 5 N–H and O–H groups in total. The predicted octanol–water partition coefficient (Wildman–Crippen LogP) is -1.18. The summed E-state index contributed by atoms with van der Waals surface area (Å²) in [6, 6.07) is 0. The number of ether oxygens (including phenoxy) is 1. The van der Waals surface area contributed by atoms with Gasteiger partial charge in [0, 0.05) is 13.0 Å². The molecule has 0 bridgehead atoms. The van der Waals surface area contributed by atoms with Gasteiger partial charge in [-0.2, -0.15) is 0 Å². The largest absolute Gasteiger partial charge is 0.481 e. The number of carboxylic acids is 1. The normalized spacial score (nSPS) is 26.0. The Morgan fingerprint density at radius 2 is 2.12 bits per heavy atom. The number of nitrogens with two attached hydrogens (primary N) is 1. The number of aliphatic carboxylic acids is 1. The molecule has 1 aliphatic heterocycles. The average molecular weight is 366 g/mol. The second-order valence-corrected chi connectivity index (χ2v) is 6.39. The maximum atomic E-state index is 10.6. The third kappa shape index (κ3) is 3.60. The molecule has 2 unspecified atom stereocenters. The van der Waals surface area contributed by atoms with E-state index >= 15 is 0 Å². The summed E-state index contributed by atoms with van der Waals surface area (Å²) in [5.41, 5.74) is 6.57. The Labute approximate surface area is 149 Å². The molecule has 1 aliphatic rings. The summed E-state index contributed by atoms with van der Waals surface area (Å²) in [7, 11) is 1.80. The molecule has 1 fully saturated rings. The fourth-order valence-electron chi connectivity index (χ4n) is 3.06. The summed E-state index contributed by atoms with van der Waals surface area (Å²) in [6.45, 7) is 0.884. The SMILES string of the molecule is CN(CCCC(=O)O)CC1OC(n2cnc3c(N)ncnc32)[C@H](O)[C@@H]1O. The number of aliphatic hydroxyl groups excluding tert-OH is 2. The monoisotopic (exact) mass is 366 g/mol. The Kier molecular flexibility index (Phi) is 5.32. The molecule has 0 aliphatic carbocycles. The van der Waals surface area contributed by atoms with Crippen molar-refractivity contribution in [3.8, 4) is 0 Å². The van der Waals surface area contributed by atoms with Gasteiger partial charge in [0.15, 0.2) is 17.7 Å². The molecule has 0 saturated carbocycles. The molecule has 11 heteroatoms. The van der Waals surface area contributed by atoms with Gasteiger partial charge >= 0.3 is 5.97 Å².